The van der Waals surface area contributed by atoms with Crippen molar-refractivity contribution >= 4 is 34.9 Å². The topological polar surface area (TPSA) is 0 Å². The van der Waals surface area contributed by atoms with Gasteiger partial charge in [0.25, 0.3) is 0 Å². The van der Waals surface area contributed by atoms with Gasteiger partial charge in [0.15, 0.2) is 0 Å². The van der Waals surface area contributed by atoms with Crippen LogP contribution in [0.2, 0.25) is 13.9 Å². The molecule has 14 heavy (non-hydrogen) atoms. The fourth-order valence-electron chi connectivity index (χ4n) is 1.96. The fraction of sp³-hybridized carbons (Fsp3) is 0.500. The zero-order valence-corrected chi connectivity index (χ0v) is 13.1. The van der Waals surface area contributed by atoms with Crippen molar-refractivity contribution in [3.63, 3.8) is 0 Å². The first-order valence-corrected chi connectivity index (χ1v) is 12.2. The van der Waals surface area contributed by atoms with Gasteiger partial charge in [-0.1, -0.05) is 0 Å². The van der Waals surface area contributed by atoms with E-state index in [1.165, 1.54) is 21.7 Å². The zero-order valence-electron chi connectivity index (χ0n) is 9.09. The Morgan fingerprint density at radius 1 is 1.07 bits per heavy atom. The van der Waals surface area contributed by atoms with Gasteiger partial charge in [-0.15, -0.1) is 0 Å². The van der Waals surface area contributed by atoms with Crippen LogP contribution in [0.25, 0.3) is 0 Å². The third-order valence-electron chi connectivity index (χ3n) is 2.62. The molecule has 0 spiro atoms. The van der Waals surface area contributed by atoms with E-state index in [-0.39, 0.29) is 0 Å². The molecule has 0 radical (unpaired) electrons. The molecule has 0 nitrogen and oxygen atoms in total. The maximum absolute atomic E-state index is 6.24. The van der Waals surface area contributed by atoms with E-state index in [9.17, 15) is 0 Å². The summed E-state index contributed by atoms with van der Waals surface area (Å²) in [5.74, 6) is 0. The van der Waals surface area contributed by atoms with Gasteiger partial charge in [-0.25, -0.2) is 0 Å². The van der Waals surface area contributed by atoms with Crippen molar-refractivity contribution in [2.75, 3.05) is 0 Å². The van der Waals surface area contributed by atoms with E-state index in [1.807, 2.05) is 12.1 Å². The summed E-state index contributed by atoms with van der Waals surface area (Å²) in [6, 6.07) is 8.48. The minimum absolute atomic E-state index is 1.02. The van der Waals surface area contributed by atoms with Crippen molar-refractivity contribution in [1.29, 1.82) is 0 Å². The average molecular weight is 317 g/mol. The summed E-state index contributed by atoms with van der Waals surface area (Å²) in [5.41, 5.74) is 0. The van der Waals surface area contributed by atoms with Crippen LogP contribution in [0.4, 0.5) is 0 Å². The van der Waals surface area contributed by atoms with Gasteiger partial charge in [-0.3, -0.25) is 0 Å². The molecule has 0 aliphatic rings. The van der Waals surface area contributed by atoms with Crippen LogP contribution in [0.1, 0.15) is 26.7 Å². The molecule has 0 saturated carbocycles. The van der Waals surface area contributed by atoms with Crippen LogP contribution in [0, 0.1) is 0 Å². The normalized spacial score (nSPS) is 10.9. The number of rotatable bonds is 5. The summed E-state index contributed by atoms with van der Waals surface area (Å²) in [5, 5.41) is 1.02. The second-order valence-corrected chi connectivity index (χ2v) is 13.3. The summed E-state index contributed by atoms with van der Waals surface area (Å²) in [4.78, 5) is 0. The molecule has 2 heteroatoms. The summed E-state index contributed by atoms with van der Waals surface area (Å²) >= 11 is 4.76. The third kappa shape index (κ3) is 3.47. The summed E-state index contributed by atoms with van der Waals surface area (Å²) in [6.45, 7) is 4.58. The number of benzene rings is 1. The van der Waals surface area contributed by atoms with Gasteiger partial charge in [-0.05, 0) is 0 Å². The van der Waals surface area contributed by atoms with E-state index in [0.717, 1.165) is 5.02 Å². The summed E-state index contributed by atoms with van der Waals surface area (Å²) < 4.78 is 4.46. The average Bonchev–Trinajstić information content (AvgIpc) is 2.18. The molecule has 0 unspecified atom stereocenters. The molecule has 0 aliphatic carbocycles. The maximum atomic E-state index is 6.24. The number of halogens is 1. The van der Waals surface area contributed by atoms with Crippen LogP contribution in [-0.2, 0) is 0 Å². The molecule has 0 saturated heterocycles. The minimum atomic E-state index is -1.49. The van der Waals surface area contributed by atoms with Crippen LogP contribution >= 0.6 is 11.6 Å². The van der Waals surface area contributed by atoms with Crippen LogP contribution in [0.15, 0.2) is 24.3 Å². The standard InChI is InChI=1S/C6H4Cl.2C3H7.Sn.H/c7-6-4-2-1-3-5-6;2*1-3-2;;/h1-4H;2*1,3H2,2H3;;. The molecule has 0 N–H and O–H groups in total. The van der Waals surface area contributed by atoms with E-state index >= 15 is 0 Å². The van der Waals surface area contributed by atoms with Crippen LogP contribution in [0.3, 0.4) is 0 Å². The Bertz CT molecular complexity index is 267. The molecule has 0 aromatic heterocycles. The Labute approximate surface area is 99.4 Å². The molecule has 1 rings (SSSR count). The molecule has 78 valence electrons. The summed E-state index contributed by atoms with van der Waals surface area (Å²) in [7, 11) is 0. The zero-order chi connectivity index (χ0) is 10.4. The van der Waals surface area contributed by atoms with E-state index in [1.54, 1.807) is 3.58 Å². The Hall–Kier alpha value is 0.309. The van der Waals surface area contributed by atoms with Crippen molar-refractivity contribution in [2.45, 2.75) is 35.6 Å². The molecular weight excluding hydrogens is 298 g/mol. The fourth-order valence-corrected chi connectivity index (χ4v) is 12.2. The van der Waals surface area contributed by atoms with Crippen molar-refractivity contribution in [2.24, 2.45) is 0 Å². The van der Waals surface area contributed by atoms with Gasteiger partial charge in [-0.2, -0.15) is 0 Å². The van der Waals surface area contributed by atoms with Gasteiger partial charge in [0.2, 0.25) is 0 Å². The van der Waals surface area contributed by atoms with Crippen LogP contribution < -0.4 is 3.58 Å². The molecule has 0 heterocycles. The van der Waals surface area contributed by atoms with Crippen molar-refractivity contribution in [3.8, 4) is 0 Å². The SMILES string of the molecule is CC[CH2][SnH]([CH2]CC)[c]1ccccc1Cl. The molecular formula is C12H19ClSn. The second kappa shape index (κ2) is 6.73. The van der Waals surface area contributed by atoms with E-state index in [0.29, 0.717) is 0 Å². The van der Waals surface area contributed by atoms with Gasteiger partial charge < -0.3 is 0 Å². The molecule has 0 amide bonds. The number of hydrogen-bond acceptors (Lipinski definition) is 0. The van der Waals surface area contributed by atoms with E-state index in [4.69, 9.17) is 11.6 Å². The number of hydrogen-bond donors (Lipinski definition) is 0. The van der Waals surface area contributed by atoms with Gasteiger partial charge in [0.1, 0.15) is 0 Å². The van der Waals surface area contributed by atoms with Crippen molar-refractivity contribution in [1.82, 2.24) is 0 Å². The predicted molar refractivity (Wildman–Crippen MR) is 68.4 cm³/mol. The molecule has 0 fully saturated rings. The molecule has 0 aliphatic heterocycles. The Morgan fingerprint density at radius 2 is 1.64 bits per heavy atom. The van der Waals surface area contributed by atoms with Gasteiger partial charge in [0.05, 0.1) is 0 Å². The molecule has 1 aromatic carbocycles. The van der Waals surface area contributed by atoms with Gasteiger partial charge >= 0.3 is 99.8 Å². The quantitative estimate of drug-likeness (QED) is 0.728. The second-order valence-electron chi connectivity index (χ2n) is 3.80. The Morgan fingerprint density at radius 3 is 2.14 bits per heavy atom. The van der Waals surface area contributed by atoms with E-state index in [2.05, 4.69) is 26.0 Å². The molecule has 0 atom stereocenters. The first kappa shape index (κ1) is 12.4. The van der Waals surface area contributed by atoms with Crippen LogP contribution in [0.5, 0.6) is 0 Å². The molecule has 0 bridgehead atoms. The first-order chi connectivity index (χ1) is 6.79. The Kier molecular flexibility index (Phi) is 5.95. The van der Waals surface area contributed by atoms with Crippen molar-refractivity contribution < 1.29 is 0 Å². The predicted octanol–water partition coefficient (Wildman–Crippen LogP) is 3.59. The van der Waals surface area contributed by atoms with Gasteiger partial charge in [0, 0.05) is 0 Å². The summed E-state index contributed by atoms with van der Waals surface area (Å²) in [6.07, 6.45) is 2.65. The monoisotopic (exact) mass is 318 g/mol. The van der Waals surface area contributed by atoms with E-state index < -0.39 is 19.8 Å². The van der Waals surface area contributed by atoms with Crippen molar-refractivity contribution in [3.05, 3.63) is 29.3 Å². The van der Waals surface area contributed by atoms with Crippen LogP contribution in [-0.4, -0.2) is 19.8 Å². The third-order valence-corrected chi connectivity index (χ3v) is 14.7. The first-order valence-electron chi connectivity index (χ1n) is 5.54. The Balaban J connectivity index is 2.81. The molecule has 1 aromatic rings.